The summed E-state index contributed by atoms with van der Waals surface area (Å²) < 4.78 is 0. The van der Waals surface area contributed by atoms with Gasteiger partial charge in [0.15, 0.2) is 0 Å². The average Bonchev–Trinajstić information content (AvgIpc) is 2.44. The summed E-state index contributed by atoms with van der Waals surface area (Å²) in [5.41, 5.74) is 3.09. The standard InChI is InChI=1S/C19H21ClO2/c1-19(2,3)15-9-7-13(8-10-15)11-17(18(21)22)14-5-4-6-16(20)12-14/h4-10,12,17H,11H2,1-3H3,(H,21,22). The molecule has 1 N–H and O–H groups in total. The Bertz CT molecular complexity index is 654. The maximum Gasteiger partial charge on any atom is 0.311 e. The molecule has 0 spiro atoms. The maximum atomic E-state index is 11.6. The lowest BCUT2D eigenvalue weighted by Crippen LogP contribution is -2.15. The maximum absolute atomic E-state index is 11.6. The summed E-state index contributed by atoms with van der Waals surface area (Å²) in [6.07, 6.45) is 0.458. The van der Waals surface area contributed by atoms with Crippen LogP contribution in [0.15, 0.2) is 48.5 Å². The van der Waals surface area contributed by atoms with Crippen LogP contribution in [-0.4, -0.2) is 11.1 Å². The van der Waals surface area contributed by atoms with Crippen molar-refractivity contribution in [2.45, 2.75) is 38.5 Å². The summed E-state index contributed by atoms with van der Waals surface area (Å²) in [7, 11) is 0. The minimum Gasteiger partial charge on any atom is -0.481 e. The molecule has 2 rings (SSSR count). The number of carbonyl (C=O) groups is 1. The highest BCUT2D eigenvalue weighted by atomic mass is 35.5. The molecule has 0 heterocycles. The Hall–Kier alpha value is -1.80. The minimum atomic E-state index is -0.831. The van der Waals surface area contributed by atoms with E-state index in [0.29, 0.717) is 11.4 Å². The van der Waals surface area contributed by atoms with Crippen molar-refractivity contribution in [3.8, 4) is 0 Å². The minimum absolute atomic E-state index is 0.0949. The van der Waals surface area contributed by atoms with Crippen molar-refractivity contribution >= 4 is 17.6 Å². The quantitative estimate of drug-likeness (QED) is 0.857. The fourth-order valence-corrected chi connectivity index (χ4v) is 2.65. The zero-order valence-electron chi connectivity index (χ0n) is 13.1. The molecule has 0 amide bonds. The average molecular weight is 317 g/mol. The number of carboxylic acid groups (broad SMARTS) is 1. The second-order valence-electron chi connectivity index (χ2n) is 6.60. The number of hydrogen-bond acceptors (Lipinski definition) is 1. The van der Waals surface area contributed by atoms with Crippen molar-refractivity contribution < 1.29 is 9.90 Å². The van der Waals surface area contributed by atoms with E-state index < -0.39 is 11.9 Å². The lowest BCUT2D eigenvalue weighted by Gasteiger charge is -2.20. The van der Waals surface area contributed by atoms with Crippen molar-refractivity contribution in [3.05, 3.63) is 70.2 Å². The molecule has 2 nitrogen and oxygen atoms in total. The van der Waals surface area contributed by atoms with Gasteiger partial charge in [0, 0.05) is 5.02 Å². The fourth-order valence-electron chi connectivity index (χ4n) is 2.45. The largest absolute Gasteiger partial charge is 0.481 e. The summed E-state index contributed by atoms with van der Waals surface area (Å²) >= 11 is 5.97. The summed E-state index contributed by atoms with van der Waals surface area (Å²) in [5, 5.41) is 10.1. The summed E-state index contributed by atoms with van der Waals surface area (Å²) in [6.45, 7) is 6.48. The van der Waals surface area contributed by atoms with Crippen LogP contribution in [0, 0.1) is 0 Å². The van der Waals surface area contributed by atoms with Gasteiger partial charge in [-0.3, -0.25) is 4.79 Å². The normalized spacial score (nSPS) is 12.9. The third kappa shape index (κ3) is 4.11. The Morgan fingerprint density at radius 1 is 1.14 bits per heavy atom. The molecule has 22 heavy (non-hydrogen) atoms. The van der Waals surface area contributed by atoms with Crippen molar-refractivity contribution in [1.29, 1.82) is 0 Å². The lowest BCUT2D eigenvalue weighted by molar-refractivity contribution is -0.138. The molecule has 2 aromatic rings. The second kappa shape index (κ2) is 6.53. The number of aliphatic carboxylic acids is 1. The van der Waals surface area contributed by atoms with Crippen molar-refractivity contribution in [3.63, 3.8) is 0 Å². The summed E-state index contributed by atoms with van der Waals surface area (Å²) in [4.78, 5) is 11.6. The van der Waals surface area contributed by atoms with Gasteiger partial charge in [-0.15, -0.1) is 0 Å². The Balaban J connectivity index is 2.24. The van der Waals surface area contributed by atoms with E-state index in [0.717, 1.165) is 11.1 Å². The van der Waals surface area contributed by atoms with Crippen LogP contribution >= 0.6 is 11.6 Å². The van der Waals surface area contributed by atoms with E-state index >= 15 is 0 Å². The number of hydrogen-bond donors (Lipinski definition) is 1. The molecule has 0 radical (unpaired) electrons. The van der Waals surface area contributed by atoms with Gasteiger partial charge in [-0.25, -0.2) is 0 Å². The Labute approximate surface area is 136 Å². The lowest BCUT2D eigenvalue weighted by atomic mass is 9.85. The molecule has 2 aromatic carbocycles. The summed E-state index contributed by atoms with van der Waals surface area (Å²) in [6, 6.07) is 15.3. The highest BCUT2D eigenvalue weighted by Crippen LogP contribution is 2.26. The first-order chi connectivity index (χ1) is 10.3. The van der Waals surface area contributed by atoms with Crippen LogP contribution in [-0.2, 0) is 16.6 Å². The first kappa shape index (κ1) is 16.6. The topological polar surface area (TPSA) is 37.3 Å². The van der Waals surface area contributed by atoms with Crippen LogP contribution in [0.25, 0.3) is 0 Å². The van der Waals surface area contributed by atoms with Gasteiger partial charge in [-0.05, 0) is 40.7 Å². The monoisotopic (exact) mass is 316 g/mol. The van der Waals surface area contributed by atoms with Gasteiger partial charge in [-0.2, -0.15) is 0 Å². The van der Waals surface area contributed by atoms with Crippen LogP contribution in [0.3, 0.4) is 0 Å². The fraction of sp³-hybridized carbons (Fsp3) is 0.316. The van der Waals surface area contributed by atoms with Gasteiger partial charge in [0.25, 0.3) is 0 Å². The van der Waals surface area contributed by atoms with Gasteiger partial charge < -0.3 is 5.11 Å². The van der Waals surface area contributed by atoms with Crippen LogP contribution in [0.5, 0.6) is 0 Å². The van der Waals surface area contributed by atoms with E-state index in [2.05, 4.69) is 32.9 Å². The van der Waals surface area contributed by atoms with Gasteiger partial charge in [0.05, 0.1) is 5.92 Å². The second-order valence-corrected chi connectivity index (χ2v) is 7.03. The number of halogens is 1. The molecule has 3 heteroatoms. The molecule has 0 bridgehead atoms. The van der Waals surface area contributed by atoms with Crippen molar-refractivity contribution in [2.24, 2.45) is 0 Å². The molecule has 1 unspecified atom stereocenters. The predicted molar refractivity (Wildman–Crippen MR) is 90.7 cm³/mol. The zero-order chi connectivity index (χ0) is 16.3. The SMILES string of the molecule is CC(C)(C)c1ccc(CC(C(=O)O)c2cccc(Cl)c2)cc1. The van der Waals surface area contributed by atoms with Crippen molar-refractivity contribution in [1.82, 2.24) is 0 Å². The van der Waals surface area contributed by atoms with Gasteiger partial charge in [0.2, 0.25) is 0 Å². The molecule has 0 aliphatic rings. The molecule has 0 fully saturated rings. The van der Waals surface area contributed by atoms with E-state index in [-0.39, 0.29) is 5.41 Å². The molecule has 0 aromatic heterocycles. The van der Waals surface area contributed by atoms with E-state index in [1.54, 1.807) is 18.2 Å². The predicted octanol–water partition coefficient (Wildman–Crippen LogP) is 5.05. The van der Waals surface area contributed by atoms with Crippen LogP contribution < -0.4 is 0 Å². The van der Waals surface area contributed by atoms with Crippen molar-refractivity contribution in [2.75, 3.05) is 0 Å². The third-order valence-corrected chi connectivity index (χ3v) is 4.04. The first-order valence-electron chi connectivity index (χ1n) is 7.35. The summed E-state index contributed by atoms with van der Waals surface area (Å²) in [5.74, 6) is -1.42. The van der Waals surface area contributed by atoms with E-state index in [1.165, 1.54) is 5.56 Å². The highest BCUT2D eigenvalue weighted by Gasteiger charge is 2.21. The molecular formula is C19H21ClO2. The van der Waals surface area contributed by atoms with E-state index in [1.807, 2.05) is 18.2 Å². The Kier molecular flexibility index (Phi) is 4.92. The zero-order valence-corrected chi connectivity index (χ0v) is 13.9. The van der Waals surface area contributed by atoms with Crippen LogP contribution in [0.1, 0.15) is 43.4 Å². The smallest absolute Gasteiger partial charge is 0.311 e. The first-order valence-corrected chi connectivity index (χ1v) is 7.73. The highest BCUT2D eigenvalue weighted by molar-refractivity contribution is 6.30. The molecule has 0 saturated heterocycles. The number of rotatable bonds is 4. The number of carboxylic acids is 1. The van der Waals surface area contributed by atoms with E-state index in [9.17, 15) is 9.90 Å². The molecule has 0 saturated carbocycles. The third-order valence-electron chi connectivity index (χ3n) is 3.81. The molecule has 0 aliphatic carbocycles. The van der Waals surface area contributed by atoms with Gasteiger partial charge in [0.1, 0.15) is 0 Å². The van der Waals surface area contributed by atoms with Gasteiger partial charge in [-0.1, -0.05) is 68.8 Å². The van der Waals surface area contributed by atoms with Crippen LogP contribution in [0.4, 0.5) is 0 Å². The van der Waals surface area contributed by atoms with Crippen LogP contribution in [0.2, 0.25) is 5.02 Å². The molecular weight excluding hydrogens is 296 g/mol. The number of benzene rings is 2. The molecule has 1 atom stereocenters. The Morgan fingerprint density at radius 2 is 1.77 bits per heavy atom. The van der Waals surface area contributed by atoms with Gasteiger partial charge >= 0.3 is 5.97 Å². The van der Waals surface area contributed by atoms with E-state index in [4.69, 9.17) is 11.6 Å². The molecule has 116 valence electrons. The Morgan fingerprint density at radius 3 is 2.27 bits per heavy atom. The molecule has 0 aliphatic heterocycles.